The van der Waals surface area contributed by atoms with Gasteiger partial charge < -0.3 is 0 Å². The fraction of sp³-hybridized carbons (Fsp3) is 0.217. The zero-order chi connectivity index (χ0) is 17.4. The summed E-state index contributed by atoms with van der Waals surface area (Å²) in [5, 5.41) is 0.664. The minimum atomic E-state index is -0.105. The molecule has 0 radical (unpaired) electrons. The Kier molecular flexibility index (Phi) is 4.35. The van der Waals surface area contributed by atoms with Crippen LogP contribution in [0.4, 0.5) is 4.39 Å². The molecular weight excluding hydrogens is 331 g/mol. The Morgan fingerprint density at radius 2 is 1.64 bits per heavy atom. The van der Waals surface area contributed by atoms with Crippen LogP contribution in [-0.4, -0.2) is 0 Å². The third-order valence-electron chi connectivity index (χ3n) is 5.04. The van der Waals surface area contributed by atoms with E-state index in [4.69, 9.17) is 11.6 Å². The van der Waals surface area contributed by atoms with Crippen molar-refractivity contribution in [3.63, 3.8) is 0 Å². The van der Waals surface area contributed by atoms with Crippen LogP contribution in [0, 0.1) is 5.82 Å². The molecule has 0 amide bonds. The van der Waals surface area contributed by atoms with E-state index in [1.807, 2.05) is 18.2 Å². The van der Waals surface area contributed by atoms with Crippen LogP contribution in [0.5, 0.6) is 0 Å². The highest BCUT2D eigenvalue weighted by molar-refractivity contribution is 6.30. The molecular formula is C23H20ClF. The predicted octanol–water partition coefficient (Wildman–Crippen LogP) is 7.06. The van der Waals surface area contributed by atoms with Gasteiger partial charge in [0.05, 0.1) is 0 Å². The van der Waals surface area contributed by atoms with Gasteiger partial charge in [-0.15, -0.1) is 0 Å². The van der Waals surface area contributed by atoms with Gasteiger partial charge in [-0.2, -0.15) is 0 Å². The standard InChI is InChI=1S/C23H20ClF/c1-2-3-4-15-5-10-19-17(13-15)14-22-21(19)12-11-20(23(22)25)16-6-8-18(24)9-7-16/h5-13H,2-4,14H2,1H3. The van der Waals surface area contributed by atoms with E-state index in [1.165, 1.54) is 29.5 Å². The first-order chi connectivity index (χ1) is 12.2. The highest BCUT2D eigenvalue weighted by atomic mass is 35.5. The van der Waals surface area contributed by atoms with E-state index in [2.05, 4.69) is 31.2 Å². The third kappa shape index (κ3) is 2.98. The molecule has 0 saturated heterocycles. The van der Waals surface area contributed by atoms with Crippen molar-refractivity contribution in [3.8, 4) is 22.3 Å². The van der Waals surface area contributed by atoms with Crippen LogP contribution in [0.1, 0.15) is 36.5 Å². The Balaban J connectivity index is 1.72. The topological polar surface area (TPSA) is 0 Å². The van der Waals surface area contributed by atoms with Gasteiger partial charge in [0.2, 0.25) is 0 Å². The molecule has 0 nitrogen and oxygen atoms in total. The summed E-state index contributed by atoms with van der Waals surface area (Å²) in [5.41, 5.74) is 7.14. The smallest absolute Gasteiger partial charge is 0.135 e. The van der Waals surface area contributed by atoms with Gasteiger partial charge in [-0.25, -0.2) is 4.39 Å². The van der Waals surface area contributed by atoms with Crippen molar-refractivity contribution < 1.29 is 4.39 Å². The number of unbranched alkanes of at least 4 members (excludes halogenated alkanes) is 1. The van der Waals surface area contributed by atoms with Crippen LogP contribution in [0.2, 0.25) is 5.02 Å². The summed E-state index contributed by atoms with van der Waals surface area (Å²) in [7, 11) is 0. The average Bonchev–Trinajstić information content (AvgIpc) is 3.00. The van der Waals surface area contributed by atoms with Gasteiger partial charge >= 0.3 is 0 Å². The van der Waals surface area contributed by atoms with Gasteiger partial charge in [0.25, 0.3) is 0 Å². The lowest BCUT2D eigenvalue weighted by molar-refractivity contribution is 0.620. The van der Waals surface area contributed by atoms with Crippen molar-refractivity contribution in [2.45, 2.75) is 32.6 Å². The highest BCUT2D eigenvalue weighted by Gasteiger charge is 2.24. The summed E-state index contributed by atoms with van der Waals surface area (Å²) in [6.45, 7) is 2.21. The molecule has 0 bridgehead atoms. The summed E-state index contributed by atoms with van der Waals surface area (Å²) in [4.78, 5) is 0. The second kappa shape index (κ2) is 6.65. The predicted molar refractivity (Wildman–Crippen MR) is 104 cm³/mol. The fourth-order valence-electron chi connectivity index (χ4n) is 3.68. The first kappa shape index (κ1) is 16.4. The lowest BCUT2D eigenvalue weighted by atomic mass is 9.98. The molecule has 1 aliphatic rings. The first-order valence-corrected chi connectivity index (χ1v) is 9.24. The van der Waals surface area contributed by atoms with Gasteiger partial charge in [-0.3, -0.25) is 0 Å². The summed E-state index contributed by atoms with van der Waals surface area (Å²) in [5.74, 6) is -0.105. The third-order valence-corrected chi connectivity index (χ3v) is 5.30. The van der Waals surface area contributed by atoms with E-state index in [1.54, 1.807) is 12.1 Å². The monoisotopic (exact) mass is 350 g/mol. The van der Waals surface area contributed by atoms with Crippen molar-refractivity contribution in [1.82, 2.24) is 0 Å². The van der Waals surface area contributed by atoms with E-state index in [0.717, 1.165) is 23.1 Å². The number of rotatable bonds is 4. The number of fused-ring (bicyclic) bond motifs is 3. The Hall–Kier alpha value is -2.12. The summed E-state index contributed by atoms with van der Waals surface area (Å²) in [6, 6.07) is 17.9. The quantitative estimate of drug-likeness (QED) is 0.369. The Morgan fingerprint density at radius 1 is 0.920 bits per heavy atom. The van der Waals surface area contributed by atoms with Crippen molar-refractivity contribution >= 4 is 11.6 Å². The van der Waals surface area contributed by atoms with Crippen LogP contribution in [-0.2, 0) is 12.8 Å². The van der Waals surface area contributed by atoms with Crippen molar-refractivity contribution in [3.05, 3.63) is 82.1 Å². The lowest BCUT2D eigenvalue weighted by Gasteiger charge is -2.09. The van der Waals surface area contributed by atoms with Gasteiger partial charge in [0.15, 0.2) is 0 Å². The van der Waals surface area contributed by atoms with Gasteiger partial charge in [-0.1, -0.05) is 67.4 Å². The van der Waals surface area contributed by atoms with Crippen LogP contribution in [0.25, 0.3) is 22.3 Å². The first-order valence-electron chi connectivity index (χ1n) is 8.87. The number of halogens is 2. The second-order valence-corrected chi connectivity index (χ2v) is 7.17. The largest absolute Gasteiger partial charge is 0.206 e. The van der Waals surface area contributed by atoms with Gasteiger partial charge in [-0.05, 0) is 52.8 Å². The maximum atomic E-state index is 15.2. The maximum Gasteiger partial charge on any atom is 0.135 e. The molecule has 4 rings (SSSR count). The van der Waals surface area contributed by atoms with Crippen molar-refractivity contribution in [1.29, 1.82) is 0 Å². The van der Waals surface area contributed by atoms with Crippen LogP contribution < -0.4 is 0 Å². The molecule has 0 aromatic heterocycles. The number of aryl methyl sites for hydroxylation is 1. The molecule has 2 heteroatoms. The number of hydrogen-bond donors (Lipinski definition) is 0. The molecule has 0 N–H and O–H groups in total. The molecule has 3 aromatic rings. The second-order valence-electron chi connectivity index (χ2n) is 6.73. The zero-order valence-electron chi connectivity index (χ0n) is 14.3. The van der Waals surface area contributed by atoms with E-state index >= 15 is 4.39 Å². The fourth-order valence-corrected chi connectivity index (χ4v) is 3.81. The SMILES string of the molecule is CCCCc1ccc2c(c1)Cc1c-2ccc(-c2ccc(Cl)cc2)c1F. The van der Waals surface area contributed by atoms with E-state index in [-0.39, 0.29) is 5.82 Å². The molecule has 0 spiro atoms. The molecule has 0 unspecified atom stereocenters. The molecule has 0 fully saturated rings. The number of hydrogen-bond acceptors (Lipinski definition) is 0. The van der Waals surface area contributed by atoms with Gasteiger partial charge in [0, 0.05) is 22.6 Å². The summed E-state index contributed by atoms with van der Waals surface area (Å²) < 4.78 is 15.2. The molecule has 0 saturated carbocycles. The van der Waals surface area contributed by atoms with Crippen molar-refractivity contribution in [2.24, 2.45) is 0 Å². The molecule has 126 valence electrons. The van der Waals surface area contributed by atoms with Crippen LogP contribution in [0.3, 0.4) is 0 Å². The number of benzene rings is 3. The highest BCUT2D eigenvalue weighted by Crippen LogP contribution is 2.41. The molecule has 1 aliphatic carbocycles. The Bertz CT molecular complexity index is 926. The van der Waals surface area contributed by atoms with E-state index in [9.17, 15) is 0 Å². The maximum absolute atomic E-state index is 15.2. The lowest BCUT2D eigenvalue weighted by Crippen LogP contribution is -1.92. The zero-order valence-corrected chi connectivity index (χ0v) is 15.0. The normalized spacial score (nSPS) is 12.1. The van der Waals surface area contributed by atoms with Crippen LogP contribution >= 0.6 is 11.6 Å². The molecule has 0 atom stereocenters. The van der Waals surface area contributed by atoms with E-state index < -0.39 is 0 Å². The summed E-state index contributed by atoms with van der Waals surface area (Å²) in [6.07, 6.45) is 4.16. The average molecular weight is 351 g/mol. The van der Waals surface area contributed by atoms with Crippen LogP contribution in [0.15, 0.2) is 54.6 Å². The minimum absolute atomic E-state index is 0.105. The Morgan fingerprint density at radius 3 is 2.40 bits per heavy atom. The van der Waals surface area contributed by atoms with Gasteiger partial charge in [0.1, 0.15) is 5.82 Å². The summed E-state index contributed by atoms with van der Waals surface area (Å²) >= 11 is 5.95. The molecule has 25 heavy (non-hydrogen) atoms. The minimum Gasteiger partial charge on any atom is -0.206 e. The molecule has 3 aromatic carbocycles. The van der Waals surface area contributed by atoms with E-state index in [0.29, 0.717) is 17.0 Å². The van der Waals surface area contributed by atoms with Crippen molar-refractivity contribution in [2.75, 3.05) is 0 Å². The molecule has 0 aliphatic heterocycles. The molecule has 0 heterocycles. The Labute approximate surface area is 153 Å².